The lowest BCUT2D eigenvalue weighted by Crippen LogP contribution is -2.20. The zero-order valence-corrected chi connectivity index (χ0v) is 13.4. The lowest BCUT2D eigenvalue weighted by molar-refractivity contribution is 0.585. The van der Waals surface area contributed by atoms with Gasteiger partial charge in [0.05, 0.1) is 0 Å². The number of rotatable bonds is 2. The minimum atomic E-state index is -0.265. The van der Waals surface area contributed by atoms with Gasteiger partial charge in [-0.3, -0.25) is 0 Å². The monoisotopic (exact) mass is 371 g/mol. The van der Waals surface area contributed by atoms with E-state index in [0.29, 0.717) is 5.95 Å². The molecule has 2 aromatic carbocycles. The fourth-order valence-corrected chi connectivity index (χ4v) is 3.00. The third-order valence-electron chi connectivity index (χ3n) is 3.67. The van der Waals surface area contributed by atoms with Gasteiger partial charge in [0.1, 0.15) is 11.9 Å². The van der Waals surface area contributed by atoms with Crippen molar-refractivity contribution in [3.05, 3.63) is 76.0 Å². The zero-order chi connectivity index (χ0) is 15.8. The maximum atomic E-state index is 13.1. The number of aromatic nitrogens is 4. The smallest absolute Gasteiger partial charge is 0.248 e. The lowest BCUT2D eigenvalue weighted by atomic mass is 10.0. The molecule has 7 heteroatoms. The van der Waals surface area contributed by atoms with Gasteiger partial charge in [0, 0.05) is 10.2 Å². The van der Waals surface area contributed by atoms with Gasteiger partial charge < -0.3 is 5.32 Å². The predicted octanol–water partition coefficient (Wildman–Crippen LogP) is 3.63. The largest absolute Gasteiger partial charge is 0.323 e. The molecule has 0 amide bonds. The summed E-state index contributed by atoms with van der Waals surface area (Å²) in [5.74, 6) is 0.287. The van der Waals surface area contributed by atoms with Gasteiger partial charge in [-0.25, -0.2) is 4.39 Å². The lowest BCUT2D eigenvalue weighted by Gasteiger charge is -2.23. The summed E-state index contributed by atoms with van der Waals surface area (Å²) >= 11 is 3.49. The summed E-state index contributed by atoms with van der Waals surface area (Å²) < 4.78 is 15.9. The summed E-state index contributed by atoms with van der Waals surface area (Å²) in [5.41, 5.74) is 2.77. The van der Waals surface area contributed by atoms with Crippen LogP contribution in [0.3, 0.4) is 0 Å². The highest BCUT2D eigenvalue weighted by Gasteiger charge is 2.24. The SMILES string of the molecule is Fc1ccc(C2=C[C@@H](c3cccc(Br)c3)n3nnnc3N2)cc1. The Morgan fingerprint density at radius 3 is 2.74 bits per heavy atom. The molecule has 0 spiro atoms. The van der Waals surface area contributed by atoms with Crippen molar-refractivity contribution < 1.29 is 4.39 Å². The molecule has 0 radical (unpaired) electrons. The second-order valence-corrected chi connectivity index (χ2v) is 6.07. The van der Waals surface area contributed by atoms with Crippen molar-refractivity contribution in [1.82, 2.24) is 20.2 Å². The molecule has 4 rings (SSSR count). The Morgan fingerprint density at radius 2 is 1.96 bits per heavy atom. The van der Waals surface area contributed by atoms with E-state index in [2.05, 4.69) is 36.8 Å². The molecule has 0 saturated carbocycles. The van der Waals surface area contributed by atoms with Crippen LogP contribution in [0.2, 0.25) is 0 Å². The third kappa shape index (κ3) is 2.63. The van der Waals surface area contributed by atoms with Gasteiger partial charge >= 0.3 is 0 Å². The maximum Gasteiger partial charge on any atom is 0.248 e. The van der Waals surface area contributed by atoms with Gasteiger partial charge in [0.25, 0.3) is 0 Å². The number of halogens is 2. The normalized spacial score (nSPS) is 16.4. The van der Waals surface area contributed by atoms with Crippen LogP contribution in [0.25, 0.3) is 5.70 Å². The standard InChI is InChI=1S/C16H11BrFN5/c17-12-3-1-2-11(8-12)15-9-14(10-4-6-13(18)7-5-10)19-16-20-21-22-23(15)16/h1-9,15H,(H,19,20,22)/t15-/m0/s1. The topological polar surface area (TPSA) is 55.6 Å². The molecule has 1 N–H and O–H groups in total. The average molecular weight is 372 g/mol. The average Bonchev–Trinajstić information content (AvgIpc) is 3.03. The van der Waals surface area contributed by atoms with E-state index in [9.17, 15) is 4.39 Å². The van der Waals surface area contributed by atoms with E-state index in [1.165, 1.54) is 12.1 Å². The quantitative estimate of drug-likeness (QED) is 0.747. The van der Waals surface area contributed by atoms with E-state index in [4.69, 9.17) is 0 Å². The Labute approximate surface area is 140 Å². The van der Waals surface area contributed by atoms with E-state index < -0.39 is 0 Å². The Hall–Kier alpha value is -2.54. The van der Waals surface area contributed by atoms with E-state index in [1.54, 1.807) is 16.8 Å². The number of hydrogen-bond acceptors (Lipinski definition) is 4. The van der Waals surface area contributed by atoms with Gasteiger partial charge in [-0.05, 0) is 64.0 Å². The van der Waals surface area contributed by atoms with Crippen molar-refractivity contribution in [2.75, 3.05) is 5.32 Å². The highest BCUT2D eigenvalue weighted by molar-refractivity contribution is 9.10. The molecule has 1 aromatic heterocycles. The van der Waals surface area contributed by atoms with Crippen LogP contribution in [0.1, 0.15) is 17.2 Å². The van der Waals surface area contributed by atoms with Crippen molar-refractivity contribution >= 4 is 27.6 Å². The molecule has 3 aromatic rings. The van der Waals surface area contributed by atoms with E-state index in [1.807, 2.05) is 30.3 Å². The molecule has 114 valence electrons. The van der Waals surface area contributed by atoms with Crippen LogP contribution in [-0.4, -0.2) is 20.2 Å². The fraction of sp³-hybridized carbons (Fsp3) is 0.0625. The molecule has 0 unspecified atom stereocenters. The van der Waals surface area contributed by atoms with Gasteiger partial charge in [0.2, 0.25) is 5.95 Å². The predicted molar refractivity (Wildman–Crippen MR) is 88.1 cm³/mol. The first kappa shape index (κ1) is 14.1. The van der Waals surface area contributed by atoms with Crippen LogP contribution >= 0.6 is 15.9 Å². The first-order chi connectivity index (χ1) is 11.2. The second kappa shape index (κ2) is 5.58. The first-order valence-electron chi connectivity index (χ1n) is 6.99. The van der Waals surface area contributed by atoms with Crippen molar-refractivity contribution in [2.45, 2.75) is 6.04 Å². The molecule has 0 bridgehead atoms. The number of allylic oxidation sites excluding steroid dienone is 1. The summed E-state index contributed by atoms with van der Waals surface area (Å²) in [6, 6.07) is 14.2. The number of anilines is 1. The minimum absolute atomic E-state index is 0.140. The number of hydrogen-bond donors (Lipinski definition) is 1. The minimum Gasteiger partial charge on any atom is -0.323 e. The number of nitrogens with one attached hydrogen (secondary N) is 1. The summed E-state index contributed by atoms with van der Waals surface area (Å²) in [6.45, 7) is 0. The maximum absolute atomic E-state index is 13.1. The Bertz CT molecular complexity index is 887. The number of tetrazole rings is 1. The van der Waals surface area contributed by atoms with Crippen LogP contribution in [0.15, 0.2) is 59.1 Å². The van der Waals surface area contributed by atoms with Crippen molar-refractivity contribution in [2.24, 2.45) is 0 Å². The highest BCUT2D eigenvalue weighted by atomic mass is 79.9. The summed E-state index contributed by atoms with van der Waals surface area (Å²) in [6.07, 6.45) is 2.03. The van der Waals surface area contributed by atoms with Gasteiger partial charge in [-0.1, -0.05) is 33.2 Å². The summed E-state index contributed by atoms with van der Waals surface area (Å²) in [7, 11) is 0. The molecule has 5 nitrogen and oxygen atoms in total. The number of nitrogens with zero attached hydrogens (tertiary/aromatic N) is 4. The third-order valence-corrected chi connectivity index (χ3v) is 4.17. The van der Waals surface area contributed by atoms with Gasteiger partial charge in [-0.2, -0.15) is 4.68 Å². The first-order valence-corrected chi connectivity index (χ1v) is 7.78. The zero-order valence-electron chi connectivity index (χ0n) is 11.8. The number of fused-ring (bicyclic) bond motifs is 1. The molecule has 0 fully saturated rings. The molecule has 0 saturated heterocycles. The summed E-state index contributed by atoms with van der Waals surface area (Å²) in [5, 5.41) is 15.0. The van der Waals surface area contributed by atoms with Crippen molar-refractivity contribution in [3.8, 4) is 0 Å². The Balaban J connectivity index is 1.81. The van der Waals surface area contributed by atoms with E-state index in [0.717, 1.165) is 21.3 Å². The van der Waals surface area contributed by atoms with E-state index >= 15 is 0 Å². The van der Waals surface area contributed by atoms with Crippen molar-refractivity contribution in [3.63, 3.8) is 0 Å². The summed E-state index contributed by atoms with van der Waals surface area (Å²) in [4.78, 5) is 0. The molecule has 1 atom stereocenters. The molecular formula is C16H11BrFN5. The molecule has 23 heavy (non-hydrogen) atoms. The van der Waals surface area contributed by atoms with E-state index in [-0.39, 0.29) is 11.9 Å². The molecular weight excluding hydrogens is 361 g/mol. The fourth-order valence-electron chi connectivity index (χ4n) is 2.58. The van der Waals surface area contributed by atoms with Crippen LogP contribution < -0.4 is 5.32 Å². The second-order valence-electron chi connectivity index (χ2n) is 5.16. The van der Waals surface area contributed by atoms with Crippen LogP contribution in [0.5, 0.6) is 0 Å². The van der Waals surface area contributed by atoms with Crippen LogP contribution in [0, 0.1) is 5.82 Å². The highest BCUT2D eigenvalue weighted by Crippen LogP contribution is 2.32. The molecule has 0 aliphatic carbocycles. The number of benzene rings is 2. The molecule has 1 aliphatic heterocycles. The Morgan fingerprint density at radius 1 is 1.13 bits per heavy atom. The van der Waals surface area contributed by atoms with Crippen molar-refractivity contribution in [1.29, 1.82) is 0 Å². The Kier molecular flexibility index (Phi) is 3.42. The van der Waals surface area contributed by atoms with Crippen LogP contribution in [-0.2, 0) is 0 Å². The van der Waals surface area contributed by atoms with Gasteiger partial charge in [-0.15, -0.1) is 0 Å². The molecule has 2 heterocycles. The molecule has 1 aliphatic rings. The van der Waals surface area contributed by atoms with Gasteiger partial charge in [0.15, 0.2) is 0 Å². The van der Waals surface area contributed by atoms with Crippen LogP contribution in [0.4, 0.5) is 10.3 Å².